The largest absolute Gasteiger partial charge is 0.458 e. The Bertz CT molecular complexity index is 3060. The topological polar surface area (TPSA) is 306 Å². The molecule has 3 aromatic rings. The van der Waals surface area contributed by atoms with Crippen LogP contribution in [0.1, 0.15) is 171 Å². The van der Waals surface area contributed by atoms with Crippen LogP contribution in [0.25, 0.3) is 11.3 Å². The van der Waals surface area contributed by atoms with Gasteiger partial charge in [0.1, 0.15) is 59.4 Å². The van der Waals surface area contributed by atoms with Crippen LogP contribution in [0.3, 0.4) is 0 Å². The van der Waals surface area contributed by atoms with E-state index in [2.05, 4.69) is 31.9 Å². The van der Waals surface area contributed by atoms with Gasteiger partial charge in [0.25, 0.3) is 11.8 Å². The summed E-state index contributed by atoms with van der Waals surface area (Å²) in [6.45, 7) is 19.9. The van der Waals surface area contributed by atoms with Crippen molar-refractivity contribution in [3.05, 3.63) is 89.9 Å². The predicted molar refractivity (Wildman–Crippen MR) is 335 cm³/mol. The summed E-state index contributed by atoms with van der Waals surface area (Å²) in [5.74, 6) is -7.09. The van der Waals surface area contributed by atoms with Crippen molar-refractivity contribution in [3.8, 4) is 11.3 Å². The summed E-state index contributed by atoms with van der Waals surface area (Å²) in [4.78, 5) is 140. The van der Waals surface area contributed by atoms with Crippen molar-refractivity contribution in [2.75, 3.05) is 26.2 Å². The summed E-state index contributed by atoms with van der Waals surface area (Å²) in [6.07, 6.45) is 6.66. The molecule has 0 saturated heterocycles. The molecule has 5 rings (SSSR count). The van der Waals surface area contributed by atoms with Crippen LogP contribution in [0, 0.1) is 28.9 Å². The number of hydrogen-bond donors (Lipinski definition) is 7. The van der Waals surface area contributed by atoms with E-state index in [1.807, 2.05) is 51.1 Å². The maximum atomic E-state index is 15.4. The van der Waals surface area contributed by atoms with Crippen LogP contribution in [-0.4, -0.2) is 151 Å². The van der Waals surface area contributed by atoms with Crippen LogP contribution >= 0.6 is 0 Å². The Morgan fingerprint density at radius 2 is 1.42 bits per heavy atom. The fourth-order valence-electron chi connectivity index (χ4n) is 10.8. The number of hydrogen-bond acceptors (Lipinski definition) is 14. The molecule has 0 spiro atoms. The molecule has 7 atom stereocenters. The number of aromatic nitrogens is 2. The van der Waals surface area contributed by atoms with E-state index in [-0.39, 0.29) is 92.1 Å². The molecule has 1 aliphatic carbocycles. The lowest BCUT2D eigenvalue weighted by atomic mass is 9.84. The molecule has 1 aliphatic heterocycles. The number of unbranched alkanes of at least 4 members (excludes halogenated alkanes) is 3. The molecule has 1 saturated carbocycles. The minimum absolute atomic E-state index is 0.0905. The van der Waals surface area contributed by atoms with E-state index >= 15 is 4.39 Å². The number of aliphatic hydroxyl groups excluding tert-OH is 1. The maximum absolute atomic E-state index is 15.4. The molecule has 2 heterocycles. The van der Waals surface area contributed by atoms with Gasteiger partial charge >= 0.3 is 12.1 Å². The van der Waals surface area contributed by atoms with Crippen molar-refractivity contribution < 1.29 is 71.3 Å². The molecule has 91 heavy (non-hydrogen) atoms. The highest BCUT2D eigenvalue weighted by atomic mass is 19.1. The highest BCUT2D eigenvalue weighted by Crippen LogP contribution is 2.40. The second-order valence-electron chi connectivity index (χ2n) is 26.7. The molecule has 1 fully saturated rings. The third-order valence-electron chi connectivity index (χ3n) is 15.3. The molecule has 1 aromatic heterocycles. The molecular weight excluding hydrogens is 1180 g/mol. The quantitative estimate of drug-likeness (QED) is 0.0203. The van der Waals surface area contributed by atoms with E-state index in [4.69, 9.17) is 14.5 Å². The highest BCUT2D eigenvalue weighted by molar-refractivity contribution is 6.12. The van der Waals surface area contributed by atoms with Crippen molar-refractivity contribution in [2.24, 2.45) is 17.3 Å². The molecule has 0 unspecified atom stereocenters. The summed E-state index contributed by atoms with van der Waals surface area (Å²) in [7, 11) is 0. The molecule has 2 aromatic carbocycles. The summed E-state index contributed by atoms with van der Waals surface area (Å²) < 4.78 is 43.0. The Balaban J connectivity index is 1.22. The Kier molecular flexibility index (Phi) is 26.9. The van der Waals surface area contributed by atoms with Gasteiger partial charge in [0.05, 0.1) is 17.7 Å². The third kappa shape index (κ3) is 23.0. The fraction of sp³-hybridized carbons (Fsp3) is 0.591. The number of nitrogens with one attached hydrogen (secondary N) is 6. The van der Waals surface area contributed by atoms with Crippen molar-refractivity contribution in [2.45, 2.75) is 208 Å². The number of imide groups is 1. The van der Waals surface area contributed by atoms with E-state index in [0.29, 0.717) is 51.4 Å². The minimum Gasteiger partial charge on any atom is -0.458 e. The molecule has 2 aliphatic rings. The van der Waals surface area contributed by atoms with E-state index in [1.165, 1.54) is 24.0 Å². The second kappa shape index (κ2) is 33.3. The first-order valence-electron chi connectivity index (χ1n) is 31.4. The van der Waals surface area contributed by atoms with Gasteiger partial charge in [-0.25, -0.2) is 23.4 Å². The van der Waals surface area contributed by atoms with Crippen LogP contribution in [0.15, 0.2) is 66.9 Å². The van der Waals surface area contributed by atoms with Crippen LogP contribution in [-0.2, 0) is 59.2 Å². The number of amides is 9. The number of imidazole rings is 1. The molecule has 0 radical (unpaired) electrons. The molecule has 9 amide bonds. The average Bonchev–Trinajstić information content (AvgIpc) is 1.73. The predicted octanol–water partition coefficient (Wildman–Crippen LogP) is 6.60. The second-order valence-corrected chi connectivity index (χ2v) is 26.7. The van der Waals surface area contributed by atoms with Gasteiger partial charge in [0.2, 0.25) is 35.4 Å². The first kappa shape index (κ1) is 73.6. The molecular formula is C66H94F2N10O13. The Labute approximate surface area is 532 Å². The number of ether oxygens (including phenoxy) is 2. The summed E-state index contributed by atoms with van der Waals surface area (Å²) in [6, 6.07) is 6.05. The third-order valence-corrected chi connectivity index (χ3v) is 15.3. The van der Waals surface area contributed by atoms with Gasteiger partial charge in [0, 0.05) is 62.6 Å². The molecule has 7 N–H and O–H groups in total. The number of nitrogens with zero attached hydrogens (tertiary/aromatic N) is 4. The standard InChI is InChI=1S/C66H94F2N10O13/c1-40(2)55(75-51(80)27-17-14-20-34-77-52(81)30-31-53(77)82)61(87)70-41(3)58(84)73-49(62(88)90-65(7,8)9)25-18-19-33-69-59(85)44-24-21-26-47(44)72-60(86)48(74-63(89)91-66(10,11)12)32-35-78(54(83)39-79)56(64(4,5)6)57-71-50(45-36-43(67)28-29-46(45)68)38-76(57)37-42-22-15-13-16-23-42/h13,15-16,22-23,28-31,36,38,40-41,44,47-49,55-56,79H,14,17-21,24-27,32-35,37,39H2,1-12H3,(H,69,85)(H,70,87)(H,72,86)(H,73,84)(H,74,89)(H,75,80)/t41-,44-,47+,48-,49-,55-,56-/m0/s1. The van der Waals surface area contributed by atoms with Gasteiger partial charge in [-0.3, -0.25) is 43.3 Å². The number of aliphatic hydroxyl groups is 1. The number of rotatable bonds is 31. The summed E-state index contributed by atoms with van der Waals surface area (Å²) >= 11 is 0. The Hall–Kier alpha value is -8.09. The van der Waals surface area contributed by atoms with Gasteiger partial charge in [-0.15, -0.1) is 0 Å². The number of halogens is 2. The highest BCUT2D eigenvalue weighted by Gasteiger charge is 2.41. The number of carbonyl (C=O) groups excluding carboxylic acids is 10. The number of esters is 1. The average molecular weight is 1270 g/mol. The van der Waals surface area contributed by atoms with Crippen LogP contribution in [0.5, 0.6) is 0 Å². The van der Waals surface area contributed by atoms with Crippen LogP contribution in [0.4, 0.5) is 13.6 Å². The zero-order valence-electron chi connectivity index (χ0n) is 54.7. The van der Waals surface area contributed by atoms with Crippen molar-refractivity contribution in [1.29, 1.82) is 0 Å². The zero-order valence-corrected chi connectivity index (χ0v) is 54.7. The molecule has 0 bridgehead atoms. The molecule has 25 heteroatoms. The maximum Gasteiger partial charge on any atom is 0.408 e. The van der Waals surface area contributed by atoms with Crippen molar-refractivity contribution in [1.82, 2.24) is 51.3 Å². The van der Waals surface area contributed by atoms with E-state index < -0.39 is 113 Å². The van der Waals surface area contributed by atoms with Crippen LogP contribution in [0.2, 0.25) is 0 Å². The lowest BCUT2D eigenvalue weighted by molar-refractivity contribution is -0.159. The van der Waals surface area contributed by atoms with Crippen LogP contribution < -0.4 is 31.9 Å². The van der Waals surface area contributed by atoms with E-state index in [0.717, 1.165) is 28.7 Å². The smallest absolute Gasteiger partial charge is 0.408 e. The summed E-state index contributed by atoms with van der Waals surface area (Å²) in [5.41, 5.74) is -1.93. The first-order chi connectivity index (χ1) is 42.7. The Morgan fingerprint density at radius 1 is 0.747 bits per heavy atom. The number of alkyl carbamates (subject to hydrolysis) is 1. The van der Waals surface area contributed by atoms with Gasteiger partial charge in [-0.1, -0.05) is 77.8 Å². The van der Waals surface area contributed by atoms with Crippen molar-refractivity contribution >= 4 is 59.3 Å². The lowest BCUT2D eigenvalue weighted by Gasteiger charge is -2.40. The van der Waals surface area contributed by atoms with E-state index in [1.54, 1.807) is 66.2 Å². The molecule has 500 valence electrons. The normalized spacial score (nSPS) is 16.7. The molecule has 23 nitrogen and oxygen atoms in total. The lowest BCUT2D eigenvalue weighted by Crippen LogP contribution is -2.56. The van der Waals surface area contributed by atoms with Gasteiger partial charge in [-0.05, 0) is 135 Å². The van der Waals surface area contributed by atoms with Gasteiger partial charge < -0.3 is 55.9 Å². The zero-order chi connectivity index (χ0) is 67.5. The summed E-state index contributed by atoms with van der Waals surface area (Å²) in [5, 5.41) is 27.1. The van der Waals surface area contributed by atoms with Crippen molar-refractivity contribution in [3.63, 3.8) is 0 Å². The first-order valence-corrected chi connectivity index (χ1v) is 31.4. The fourth-order valence-corrected chi connectivity index (χ4v) is 10.8. The number of carbonyl (C=O) groups is 10. The van der Waals surface area contributed by atoms with Gasteiger partial charge in [0.15, 0.2) is 0 Å². The minimum atomic E-state index is -1.35. The van der Waals surface area contributed by atoms with E-state index in [9.17, 15) is 57.4 Å². The van der Waals surface area contributed by atoms with Gasteiger partial charge in [-0.2, -0.15) is 0 Å². The number of benzene rings is 2. The Morgan fingerprint density at radius 3 is 2.04 bits per heavy atom. The SMILES string of the molecule is CC(C)[C@H](NC(=O)CCCCCN1C(=O)C=CC1=O)C(=O)N[C@@H](C)C(=O)N[C@@H](CCCCNC(=O)[C@H]1CCC[C@H]1NC(=O)[C@H](CCN(C(=O)CO)[C@@H](c1nc(-c2cc(F)ccc2F)cn1Cc1ccccc1)C(C)(C)C)NC(=O)OC(C)(C)C)C(=O)OC(C)(C)C. The monoisotopic (exact) mass is 1270 g/mol.